The van der Waals surface area contributed by atoms with Crippen LogP contribution in [0.3, 0.4) is 0 Å². The average Bonchev–Trinajstić information content (AvgIpc) is 2.26. The van der Waals surface area contributed by atoms with Crippen LogP contribution in [0.1, 0.15) is 34.6 Å². The van der Waals surface area contributed by atoms with Crippen molar-refractivity contribution in [1.82, 2.24) is 0 Å². The zero-order valence-corrected chi connectivity index (χ0v) is 11.2. The summed E-state index contributed by atoms with van der Waals surface area (Å²) in [5.74, 6) is -0.995. The normalized spacial score (nSPS) is 12.6. The smallest absolute Gasteiger partial charge is 0.335 e. The van der Waals surface area contributed by atoms with Crippen molar-refractivity contribution in [2.75, 3.05) is 13.7 Å². The first-order valence-electron chi connectivity index (χ1n) is 5.37. The molecule has 0 aromatic rings. The number of carbonyl (C=O) groups is 2. The fourth-order valence-corrected chi connectivity index (χ4v) is 0.889. The summed E-state index contributed by atoms with van der Waals surface area (Å²) in [5.41, 5.74) is -2.22. The number of methoxy groups -OCH3 is 1. The second kappa shape index (κ2) is 5.75. The van der Waals surface area contributed by atoms with Crippen molar-refractivity contribution >= 4 is 11.9 Å². The molecule has 0 radical (unpaired) electrons. The van der Waals surface area contributed by atoms with Gasteiger partial charge < -0.3 is 9.47 Å². The summed E-state index contributed by atoms with van der Waals surface area (Å²) in [7, 11) is 1.27. The molecule has 0 aromatic heterocycles. The SMILES string of the molecule is CCOC(=O)C(C)(C)N=NC(C)(C)C(=O)OC. The van der Waals surface area contributed by atoms with Gasteiger partial charge in [-0.25, -0.2) is 9.59 Å². The first-order chi connectivity index (χ1) is 7.67. The van der Waals surface area contributed by atoms with Crippen LogP contribution in [0.5, 0.6) is 0 Å². The lowest BCUT2D eigenvalue weighted by molar-refractivity contribution is -0.149. The Bertz CT molecular complexity index is 321. The number of hydrogen-bond donors (Lipinski definition) is 0. The minimum absolute atomic E-state index is 0.276. The summed E-state index contributed by atoms with van der Waals surface area (Å²) in [4.78, 5) is 22.9. The van der Waals surface area contributed by atoms with E-state index in [1.807, 2.05) is 0 Å². The zero-order valence-electron chi connectivity index (χ0n) is 11.2. The summed E-state index contributed by atoms with van der Waals surface area (Å²) in [6, 6.07) is 0. The molecule has 0 aliphatic heterocycles. The third kappa shape index (κ3) is 4.50. The maximum atomic E-state index is 11.5. The lowest BCUT2D eigenvalue weighted by atomic mass is 10.1. The van der Waals surface area contributed by atoms with Crippen LogP contribution in [-0.2, 0) is 19.1 Å². The quantitative estimate of drug-likeness (QED) is 0.545. The molecule has 0 aliphatic carbocycles. The molecule has 6 heteroatoms. The van der Waals surface area contributed by atoms with E-state index < -0.39 is 23.0 Å². The summed E-state index contributed by atoms with van der Waals surface area (Å²) < 4.78 is 9.43. The van der Waals surface area contributed by atoms with E-state index in [1.54, 1.807) is 34.6 Å². The second-order valence-electron chi connectivity index (χ2n) is 4.53. The molecule has 0 saturated carbocycles. The molecular weight excluding hydrogens is 224 g/mol. The summed E-state index contributed by atoms with van der Waals surface area (Å²) >= 11 is 0. The van der Waals surface area contributed by atoms with E-state index in [1.165, 1.54) is 7.11 Å². The van der Waals surface area contributed by atoms with Crippen molar-refractivity contribution in [1.29, 1.82) is 0 Å². The van der Waals surface area contributed by atoms with Crippen LogP contribution in [0.2, 0.25) is 0 Å². The van der Waals surface area contributed by atoms with Gasteiger partial charge in [0.05, 0.1) is 13.7 Å². The van der Waals surface area contributed by atoms with Gasteiger partial charge in [-0.05, 0) is 34.6 Å². The monoisotopic (exact) mass is 244 g/mol. The van der Waals surface area contributed by atoms with Gasteiger partial charge in [-0.3, -0.25) is 0 Å². The Morgan fingerprint density at radius 3 is 1.76 bits per heavy atom. The Balaban J connectivity index is 4.81. The van der Waals surface area contributed by atoms with Crippen LogP contribution in [-0.4, -0.2) is 36.7 Å². The van der Waals surface area contributed by atoms with E-state index >= 15 is 0 Å². The topological polar surface area (TPSA) is 77.3 Å². The van der Waals surface area contributed by atoms with Crippen molar-refractivity contribution in [3.05, 3.63) is 0 Å². The third-order valence-corrected chi connectivity index (χ3v) is 2.01. The fraction of sp³-hybridized carbons (Fsp3) is 0.818. The molecule has 0 rings (SSSR count). The Morgan fingerprint density at radius 1 is 1.00 bits per heavy atom. The molecule has 0 bridgehead atoms. The van der Waals surface area contributed by atoms with Gasteiger partial charge in [-0.1, -0.05) is 0 Å². The Hall–Kier alpha value is -1.46. The summed E-state index contributed by atoms with van der Waals surface area (Å²) in [5, 5.41) is 7.72. The predicted molar refractivity (Wildman–Crippen MR) is 61.7 cm³/mol. The van der Waals surface area contributed by atoms with Gasteiger partial charge in [0.1, 0.15) is 0 Å². The molecule has 0 fully saturated rings. The Labute approximate surface area is 101 Å². The molecule has 0 aromatic carbocycles. The van der Waals surface area contributed by atoms with E-state index in [0.29, 0.717) is 0 Å². The zero-order chi connectivity index (χ0) is 13.7. The van der Waals surface area contributed by atoms with Gasteiger partial charge in [0.2, 0.25) is 0 Å². The van der Waals surface area contributed by atoms with Gasteiger partial charge in [0.15, 0.2) is 11.1 Å². The van der Waals surface area contributed by atoms with Crippen LogP contribution in [0.4, 0.5) is 0 Å². The summed E-state index contributed by atoms with van der Waals surface area (Å²) in [6.45, 7) is 8.25. The number of nitrogens with zero attached hydrogens (tertiary/aromatic N) is 2. The largest absolute Gasteiger partial charge is 0.467 e. The molecule has 98 valence electrons. The number of carbonyl (C=O) groups excluding carboxylic acids is 2. The molecule has 0 atom stereocenters. The first-order valence-corrected chi connectivity index (χ1v) is 5.37. The van der Waals surface area contributed by atoms with E-state index in [2.05, 4.69) is 15.0 Å². The molecule has 6 nitrogen and oxygen atoms in total. The average molecular weight is 244 g/mol. The predicted octanol–water partition coefficient (Wildman–Crippen LogP) is 1.73. The lowest BCUT2D eigenvalue weighted by Gasteiger charge is -2.19. The number of hydrogen-bond acceptors (Lipinski definition) is 6. The standard InChI is InChI=1S/C11H20N2O4/c1-7-17-9(15)11(4,5)13-12-10(2,3)8(14)16-6/h7H2,1-6H3. The molecular formula is C11H20N2O4. The van der Waals surface area contributed by atoms with E-state index in [4.69, 9.17) is 4.74 Å². The number of esters is 2. The molecule has 0 saturated heterocycles. The van der Waals surface area contributed by atoms with Crippen molar-refractivity contribution < 1.29 is 19.1 Å². The van der Waals surface area contributed by atoms with Crippen LogP contribution in [0.25, 0.3) is 0 Å². The lowest BCUT2D eigenvalue weighted by Crippen LogP contribution is -2.34. The number of rotatable bonds is 5. The van der Waals surface area contributed by atoms with Crippen LogP contribution >= 0.6 is 0 Å². The highest BCUT2D eigenvalue weighted by molar-refractivity contribution is 5.81. The third-order valence-electron chi connectivity index (χ3n) is 2.01. The minimum Gasteiger partial charge on any atom is -0.467 e. The molecule has 0 heterocycles. The van der Waals surface area contributed by atoms with Crippen LogP contribution in [0.15, 0.2) is 10.2 Å². The van der Waals surface area contributed by atoms with Crippen molar-refractivity contribution in [2.24, 2.45) is 10.2 Å². The van der Waals surface area contributed by atoms with Crippen molar-refractivity contribution in [2.45, 2.75) is 45.7 Å². The molecule has 0 spiro atoms. The second-order valence-corrected chi connectivity index (χ2v) is 4.53. The highest BCUT2D eigenvalue weighted by Crippen LogP contribution is 2.18. The molecule has 0 N–H and O–H groups in total. The maximum Gasteiger partial charge on any atom is 0.335 e. The van der Waals surface area contributed by atoms with Crippen molar-refractivity contribution in [3.8, 4) is 0 Å². The van der Waals surface area contributed by atoms with Gasteiger partial charge >= 0.3 is 11.9 Å². The van der Waals surface area contributed by atoms with Crippen LogP contribution < -0.4 is 0 Å². The Morgan fingerprint density at radius 2 is 1.41 bits per heavy atom. The van der Waals surface area contributed by atoms with E-state index in [9.17, 15) is 9.59 Å². The fourth-order valence-electron chi connectivity index (χ4n) is 0.889. The van der Waals surface area contributed by atoms with Crippen molar-refractivity contribution in [3.63, 3.8) is 0 Å². The van der Waals surface area contributed by atoms with Crippen LogP contribution in [0, 0.1) is 0 Å². The number of azo groups is 1. The van der Waals surface area contributed by atoms with Gasteiger partial charge in [0, 0.05) is 0 Å². The number of ether oxygens (including phenoxy) is 2. The Kier molecular flexibility index (Phi) is 5.25. The first kappa shape index (κ1) is 15.5. The van der Waals surface area contributed by atoms with E-state index in [0.717, 1.165) is 0 Å². The highest BCUT2D eigenvalue weighted by Gasteiger charge is 2.33. The minimum atomic E-state index is -1.11. The van der Waals surface area contributed by atoms with E-state index in [-0.39, 0.29) is 6.61 Å². The van der Waals surface area contributed by atoms with Gasteiger partial charge in [0.25, 0.3) is 0 Å². The summed E-state index contributed by atoms with van der Waals surface area (Å²) in [6.07, 6.45) is 0. The molecule has 17 heavy (non-hydrogen) atoms. The van der Waals surface area contributed by atoms with Gasteiger partial charge in [-0.2, -0.15) is 10.2 Å². The molecule has 0 unspecified atom stereocenters. The highest BCUT2D eigenvalue weighted by atomic mass is 16.5. The molecule has 0 aliphatic rings. The molecule has 0 amide bonds. The van der Waals surface area contributed by atoms with Gasteiger partial charge in [-0.15, -0.1) is 0 Å². The maximum absolute atomic E-state index is 11.5.